The fraction of sp³-hybridized carbons (Fsp3) is 0.550. The molecule has 3 amide bonds. The number of ether oxygens (including phenoxy) is 2. The first-order valence-corrected chi connectivity index (χ1v) is 9.56. The Hall–Kier alpha value is -2.45. The van der Waals surface area contributed by atoms with E-state index < -0.39 is 5.92 Å². The molecule has 0 radical (unpaired) electrons. The predicted octanol–water partition coefficient (Wildman–Crippen LogP) is 0.981. The number of anilines is 1. The maximum Gasteiger partial charge on any atom is 0.256 e. The second-order valence-corrected chi connectivity index (χ2v) is 7.19. The molecule has 2 aliphatic heterocycles. The first-order chi connectivity index (χ1) is 13.5. The average molecular weight is 389 g/mol. The fourth-order valence-electron chi connectivity index (χ4n) is 3.61. The number of nitrogens with one attached hydrogen (secondary N) is 1. The summed E-state index contributed by atoms with van der Waals surface area (Å²) >= 11 is 0. The molecule has 2 heterocycles. The third kappa shape index (κ3) is 4.51. The second kappa shape index (κ2) is 9.16. The van der Waals surface area contributed by atoms with E-state index in [1.165, 1.54) is 0 Å². The number of rotatable bonds is 6. The summed E-state index contributed by atoms with van der Waals surface area (Å²) in [5.41, 5.74) is 0.923. The summed E-state index contributed by atoms with van der Waals surface area (Å²) in [4.78, 5) is 41.3. The monoisotopic (exact) mass is 389 g/mol. The highest BCUT2D eigenvalue weighted by Gasteiger charge is 2.37. The number of para-hydroxylation sites is 1. The molecule has 0 unspecified atom stereocenters. The zero-order valence-electron chi connectivity index (χ0n) is 16.3. The van der Waals surface area contributed by atoms with E-state index in [0.29, 0.717) is 50.7 Å². The number of amides is 3. The Morgan fingerprint density at radius 2 is 2.00 bits per heavy atom. The number of hydrogen-bond donors (Lipinski definition) is 1. The van der Waals surface area contributed by atoms with Crippen LogP contribution in [0.4, 0.5) is 5.69 Å². The van der Waals surface area contributed by atoms with E-state index >= 15 is 0 Å². The number of carbonyl (C=O) groups excluding carboxylic acids is 3. The molecule has 8 heteroatoms. The summed E-state index contributed by atoms with van der Waals surface area (Å²) < 4.78 is 10.4. The molecule has 0 aliphatic carbocycles. The molecule has 1 N–H and O–H groups in total. The molecule has 2 fully saturated rings. The minimum atomic E-state index is -0.446. The Kier molecular flexibility index (Phi) is 6.64. The van der Waals surface area contributed by atoms with Gasteiger partial charge in [-0.15, -0.1) is 0 Å². The molecule has 3 rings (SSSR count). The molecule has 1 aromatic carbocycles. The molecule has 2 saturated heterocycles. The van der Waals surface area contributed by atoms with Gasteiger partial charge in [-0.05, 0) is 19.1 Å². The van der Waals surface area contributed by atoms with E-state index in [-0.39, 0.29) is 30.2 Å². The third-order valence-corrected chi connectivity index (χ3v) is 5.18. The van der Waals surface area contributed by atoms with Crippen LogP contribution in [0.25, 0.3) is 0 Å². The van der Waals surface area contributed by atoms with Crippen molar-refractivity contribution < 1.29 is 23.9 Å². The Morgan fingerprint density at radius 3 is 2.71 bits per heavy atom. The molecule has 0 spiro atoms. The second-order valence-electron chi connectivity index (χ2n) is 7.19. The number of carbonyl (C=O) groups is 3. The van der Waals surface area contributed by atoms with Gasteiger partial charge in [-0.1, -0.05) is 12.1 Å². The number of morpholine rings is 1. The van der Waals surface area contributed by atoms with Crippen molar-refractivity contribution in [1.29, 1.82) is 0 Å². The molecule has 2 aliphatic rings. The van der Waals surface area contributed by atoms with Gasteiger partial charge >= 0.3 is 0 Å². The Labute approximate surface area is 164 Å². The number of nitrogens with zero attached hydrogens (tertiary/aromatic N) is 2. The first-order valence-electron chi connectivity index (χ1n) is 9.56. The van der Waals surface area contributed by atoms with Gasteiger partial charge in [-0.2, -0.15) is 0 Å². The van der Waals surface area contributed by atoms with Crippen molar-refractivity contribution >= 4 is 23.4 Å². The number of methoxy groups -OCH3 is 1. The van der Waals surface area contributed by atoms with Gasteiger partial charge < -0.3 is 24.6 Å². The van der Waals surface area contributed by atoms with Crippen molar-refractivity contribution in [1.82, 2.24) is 9.80 Å². The molecule has 28 heavy (non-hydrogen) atoms. The highest BCUT2D eigenvalue weighted by atomic mass is 16.5. The molecule has 0 aromatic heterocycles. The van der Waals surface area contributed by atoms with E-state index in [1.54, 1.807) is 41.2 Å². The molecule has 8 nitrogen and oxygen atoms in total. The van der Waals surface area contributed by atoms with E-state index in [4.69, 9.17) is 9.47 Å². The Balaban J connectivity index is 1.68. The van der Waals surface area contributed by atoms with Crippen molar-refractivity contribution in [2.75, 3.05) is 51.9 Å². The van der Waals surface area contributed by atoms with Gasteiger partial charge in [0.05, 0.1) is 43.0 Å². The van der Waals surface area contributed by atoms with Gasteiger partial charge in [0.1, 0.15) is 0 Å². The largest absolute Gasteiger partial charge is 0.383 e. The first kappa shape index (κ1) is 20.3. The van der Waals surface area contributed by atoms with Gasteiger partial charge in [-0.3, -0.25) is 14.4 Å². The van der Waals surface area contributed by atoms with Crippen LogP contribution in [-0.2, 0) is 19.1 Å². The summed E-state index contributed by atoms with van der Waals surface area (Å²) in [7, 11) is 1.59. The van der Waals surface area contributed by atoms with Crippen molar-refractivity contribution in [3.8, 4) is 0 Å². The summed E-state index contributed by atoms with van der Waals surface area (Å²) in [5.74, 6) is -0.875. The number of hydrogen-bond acceptors (Lipinski definition) is 5. The lowest BCUT2D eigenvalue weighted by molar-refractivity contribution is -0.130. The standard InChI is InChI=1S/C20H27N3O5/c1-14(13-27-2)23-12-15(11-18(23)24)19(25)21-17-6-4-3-5-16(17)20(26)22-7-9-28-10-8-22/h3-6,14-15H,7-13H2,1-2H3,(H,21,25)/t14-,15+/m0/s1. The van der Waals surface area contributed by atoms with Crippen molar-refractivity contribution in [3.05, 3.63) is 29.8 Å². The average Bonchev–Trinajstić information content (AvgIpc) is 3.11. The van der Waals surface area contributed by atoms with Gasteiger partial charge in [0.15, 0.2) is 0 Å². The molecule has 0 bridgehead atoms. The quantitative estimate of drug-likeness (QED) is 0.784. The van der Waals surface area contributed by atoms with Crippen LogP contribution in [0.3, 0.4) is 0 Å². The van der Waals surface area contributed by atoms with E-state index in [9.17, 15) is 14.4 Å². The maximum absolute atomic E-state index is 12.8. The molecule has 0 saturated carbocycles. The van der Waals surface area contributed by atoms with Gasteiger partial charge in [-0.25, -0.2) is 0 Å². The minimum absolute atomic E-state index is 0.0534. The van der Waals surface area contributed by atoms with Crippen LogP contribution in [0, 0.1) is 5.92 Å². The van der Waals surface area contributed by atoms with E-state index in [0.717, 1.165) is 0 Å². The van der Waals surface area contributed by atoms with Crippen LogP contribution in [0.5, 0.6) is 0 Å². The van der Waals surface area contributed by atoms with E-state index in [2.05, 4.69) is 5.32 Å². The zero-order valence-corrected chi connectivity index (χ0v) is 16.3. The highest BCUT2D eigenvalue weighted by Crippen LogP contribution is 2.24. The molecule has 1 aromatic rings. The molecule has 152 valence electrons. The SMILES string of the molecule is COC[C@H](C)N1C[C@H](C(=O)Nc2ccccc2C(=O)N2CCOCC2)CC1=O. The number of benzene rings is 1. The third-order valence-electron chi connectivity index (χ3n) is 5.18. The van der Waals surface area contributed by atoms with Crippen LogP contribution in [-0.4, -0.2) is 80.1 Å². The fourth-order valence-corrected chi connectivity index (χ4v) is 3.61. The molecular formula is C20H27N3O5. The summed E-state index contributed by atoms with van der Waals surface area (Å²) in [6.07, 6.45) is 0.166. The van der Waals surface area contributed by atoms with Crippen LogP contribution >= 0.6 is 0 Å². The summed E-state index contributed by atoms with van der Waals surface area (Å²) in [5, 5.41) is 2.86. The van der Waals surface area contributed by atoms with Gasteiger partial charge in [0.2, 0.25) is 11.8 Å². The lowest BCUT2D eigenvalue weighted by atomic mass is 10.1. The van der Waals surface area contributed by atoms with Crippen LogP contribution in [0.2, 0.25) is 0 Å². The topological polar surface area (TPSA) is 88.2 Å². The lowest BCUT2D eigenvalue weighted by Gasteiger charge is -2.27. The Morgan fingerprint density at radius 1 is 1.29 bits per heavy atom. The van der Waals surface area contributed by atoms with Crippen LogP contribution in [0.1, 0.15) is 23.7 Å². The zero-order chi connectivity index (χ0) is 20.1. The predicted molar refractivity (Wildman–Crippen MR) is 103 cm³/mol. The lowest BCUT2D eigenvalue weighted by Crippen LogP contribution is -2.41. The van der Waals surface area contributed by atoms with Crippen LogP contribution in [0.15, 0.2) is 24.3 Å². The van der Waals surface area contributed by atoms with Crippen molar-refractivity contribution in [2.24, 2.45) is 5.92 Å². The molecule has 2 atom stereocenters. The smallest absolute Gasteiger partial charge is 0.256 e. The minimum Gasteiger partial charge on any atom is -0.383 e. The van der Waals surface area contributed by atoms with Crippen LogP contribution < -0.4 is 5.32 Å². The highest BCUT2D eigenvalue weighted by molar-refractivity contribution is 6.05. The number of likely N-dealkylation sites (tertiary alicyclic amines) is 1. The Bertz CT molecular complexity index is 732. The normalized spacial score (nSPS) is 20.9. The van der Waals surface area contributed by atoms with E-state index in [1.807, 2.05) is 6.92 Å². The summed E-state index contributed by atoms with van der Waals surface area (Å²) in [6, 6.07) is 6.90. The van der Waals surface area contributed by atoms with Crippen molar-refractivity contribution in [2.45, 2.75) is 19.4 Å². The molecular weight excluding hydrogens is 362 g/mol. The maximum atomic E-state index is 12.8. The van der Waals surface area contributed by atoms with Gasteiger partial charge in [0.25, 0.3) is 5.91 Å². The van der Waals surface area contributed by atoms with Gasteiger partial charge in [0, 0.05) is 33.2 Å². The van der Waals surface area contributed by atoms with Crippen molar-refractivity contribution in [3.63, 3.8) is 0 Å². The summed E-state index contributed by atoms with van der Waals surface area (Å²) in [6.45, 7) is 4.78.